The molecule has 1 heterocycles. The maximum Gasteiger partial charge on any atom is 0.0620 e. The van der Waals surface area contributed by atoms with Gasteiger partial charge in [0.15, 0.2) is 0 Å². The fraction of sp³-hybridized carbons (Fsp3) is 0.571. The first-order valence-corrected chi connectivity index (χ1v) is 7.19. The minimum absolute atomic E-state index is 0.403. The molecule has 0 aromatic heterocycles. The summed E-state index contributed by atoms with van der Waals surface area (Å²) in [5, 5.41) is 3.53. The zero-order chi connectivity index (χ0) is 13.0. The minimum atomic E-state index is 0.403. The summed E-state index contributed by atoms with van der Waals surface area (Å²) in [5.41, 5.74) is 1.34. The zero-order valence-corrected chi connectivity index (χ0v) is 12.6. The molecule has 1 N–H and O–H groups in total. The van der Waals surface area contributed by atoms with E-state index in [-0.39, 0.29) is 0 Å². The van der Waals surface area contributed by atoms with Gasteiger partial charge in [-0.2, -0.15) is 0 Å². The van der Waals surface area contributed by atoms with Crippen LogP contribution in [0.2, 0.25) is 0 Å². The van der Waals surface area contributed by atoms with Crippen LogP contribution < -0.4 is 5.32 Å². The molecule has 2 atom stereocenters. The Hall–Kier alpha value is -0.420. The van der Waals surface area contributed by atoms with Crippen LogP contribution in [0.15, 0.2) is 28.7 Å². The highest BCUT2D eigenvalue weighted by molar-refractivity contribution is 9.10. The van der Waals surface area contributed by atoms with Crippen molar-refractivity contribution in [1.29, 1.82) is 0 Å². The van der Waals surface area contributed by atoms with Crippen molar-refractivity contribution in [1.82, 2.24) is 10.2 Å². The van der Waals surface area contributed by atoms with Gasteiger partial charge in [0, 0.05) is 23.1 Å². The number of ether oxygens (including phenoxy) is 1. The molecular weight excluding hydrogens is 292 g/mol. The number of rotatable bonds is 4. The lowest BCUT2D eigenvalue weighted by Gasteiger charge is -2.32. The van der Waals surface area contributed by atoms with Gasteiger partial charge in [0.2, 0.25) is 0 Å². The maximum atomic E-state index is 5.54. The van der Waals surface area contributed by atoms with Crippen LogP contribution in [-0.2, 0) is 4.74 Å². The molecule has 100 valence electrons. The second-order valence-corrected chi connectivity index (χ2v) is 5.82. The molecule has 0 spiro atoms. The first kappa shape index (κ1) is 14.0. The molecule has 0 bridgehead atoms. The van der Waals surface area contributed by atoms with Crippen LogP contribution >= 0.6 is 15.9 Å². The molecule has 0 amide bonds. The van der Waals surface area contributed by atoms with Crippen molar-refractivity contribution in [2.75, 3.05) is 33.9 Å². The lowest BCUT2D eigenvalue weighted by molar-refractivity contribution is 0.0647. The number of nitrogens with one attached hydrogen (secondary N) is 1. The molecule has 1 aliphatic rings. The molecule has 18 heavy (non-hydrogen) atoms. The molecule has 2 unspecified atom stereocenters. The van der Waals surface area contributed by atoms with Crippen LogP contribution in [-0.4, -0.2) is 44.8 Å². The Kier molecular flexibility index (Phi) is 5.18. The highest BCUT2D eigenvalue weighted by Gasteiger charge is 2.23. The number of hydrogen-bond acceptors (Lipinski definition) is 3. The largest absolute Gasteiger partial charge is 0.379 e. The SMILES string of the molecule is CN(C)C(CC1COCCN1)c1ccccc1Br. The Labute approximate surface area is 118 Å². The van der Waals surface area contributed by atoms with Crippen LogP contribution in [0.3, 0.4) is 0 Å². The van der Waals surface area contributed by atoms with E-state index in [1.165, 1.54) is 10.0 Å². The van der Waals surface area contributed by atoms with E-state index in [0.29, 0.717) is 12.1 Å². The van der Waals surface area contributed by atoms with Crippen LogP contribution in [0.25, 0.3) is 0 Å². The molecule has 4 heteroatoms. The number of benzene rings is 1. The monoisotopic (exact) mass is 312 g/mol. The third kappa shape index (κ3) is 3.54. The van der Waals surface area contributed by atoms with E-state index in [9.17, 15) is 0 Å². The van der Waals surface area contributed by atoms with Gasteiger partial charge in [0.05, 0.1) is 13.2 Å². The number of hydrogen-bond donors (Lipinski definition) is 1. The fourth-order valence-electron chi connectivity index (χ4n) is 2.40. The van der Waals surface area contributed by atoms with Gasteiger partial charge in [-0.25, -0.2) is 0 Å². The van der Waals surface area contributed by atoms with Gasteiger partial charge < -0.3 is 15.0 Å². The van der Waals surface area contributed by atoms with E-state index in [0.717, 1.165) is 26.2 Å². The lowest BCUT2D eigenvalue weighted by Crippen LogP contribution is -2.43. The van der Waals surface area contributed by atoms with Crippen molar-refractivity contribution in [2.24, 2.45) is 0 Å². The third-order valence-corrected chi connectivity index (χ3v) is 4.12. The standard InChI is InChI=1S/C14H21BrN2O/c1-17(2)14(9-11-10-18-8-7-16-11)12-5-3-4-6-13(12)15/h3-6,11,14,16H,7-10H2,1-2H3. The summed E-state index contributed by atoms with van der Waals surface area (Å²) in [5.74, 6) is 0. The predicted molar refractivity (Wildman–Crippen MR) is 77.8 cm³/mol. The van der Waals surface area contributed by atoms with Crippen LogP contribution in [0.5, 0.6) is 0 Å². The number of morpholine rings is 1. The highest BCUT2D eigenvalue weighted by atomic mass is 79.9. The minimum Gasteiger partial charge on any atom is -0.379 e. The average Bonchev–Trinajstić information content (AvgIpc) is 2.38. The molecule has 0 aliphatic carbocycles. The molecule has 1 saturated heterocycles. The van der Waals surface area contributed by atoms with Gasteiger partial charge in [-0.05, 0) is 32.1 Å². The van der Waals surface area contributed by atoms with E-state index in [4.69, 9.17) is 4.74 Å². The summed E-state index contributed by atoms with van der Waals surface area (Å²) in [4.78, 5) is 2.27. The Morgan fingerprint density at radius 3 is 2.83 bits per heavy atom. The predicted octanol–water partition coefficient (Wildman–Crippen LogP) is 2.43. The van der Waals surface area contributed by atoms with Crippen molar-refractivity contribution in [2.45, 2.75) is 18.5 Å². The summed E-state index contributed by atoms with van der Waals surface area (Å²) in [6.45, 7) is 2.60. The average molecular weight is 313 g/mol. The summed E-state index contributed by atoms with van der Waals surface area (Å²) in [6.07, 6.45) is 1.07. The van der Waals surface area contributed by atoms with Gasteiger partial charge in [-0.1, -0.05) is 34.1 Å². The van der Waals surface area contributed by atoms with E-state index < -0.39 is 0 Å². The van der Waals surface area contributed by atoms with Gasteiger partial charge in [0.1, 0.15) is 0 Å². The van der Waals surface area contributed by atoms with E-state index >= 15 is 0 Å². The van der Waals surface area contributed by atoms with Crippen molar-refractivity contribution < 1.29 is 4.74 Å². The normalized spacial score (nSPS) is 22.1. The molecule has 2 rings (SSSR count). The van der Waals surface area contributed by atoms with E-state index in [1.807, 2.05) is 0 Å². The van der Waals surface area contributed by atoms with Crippen molar-refractivity contribution >= 4 is 15.9 Å². The maximum absolute atomic E-state index is 5.54. The first-order valence-electron chi connectivity index (χ1n) is 6.40. The topological polar surface area (TPSA) is 24.5 Å². The Morgan fingerprint density at radius 2 is 2.22 bits per heavy atom. The zero-order valence-electron chi connectivity index (χ0n) is 11.0. The molecule has 0 saturated carbocycles. The van der Waals surface area contributed by atoms with Crippen molar-refractivity contribution in [3.8, 4) is 0 Å². The van der Waals surface area contributed by atoms with Crippen LogP contribution in [0.4, 0.5) is 0 Å². The highest BCUT2D eigenvalue weighted by Crippen LogP contribution is 2.30. The molecule has 1 aromatic rings. The fourth-order valence-corrected chi connectivity index (χ4v) is 2.95. The summed E-state index contributed by atoms with van der Waals surface area (Å²) in [6, 6.07) is 9.30. The summed E-state index contributed by atoms with van der Waals surface area (Å²) >= 11 is 3.65. The van der Waals surface area contributed by atoms with Gasteiger partial charge in [-0.3, -0.25) is 0 Å². The Bertz CT molecular complexity index is 378. The smallest absolute Gasteiger partial charge is 0.0620 e. The summed E-state index contributed by atoms with van der Waals surface area (Å²) in [7, 11) is 4.27. The van der Waals surface area contributed by atoms with Crippen molar-refractivity contribution in [3.05, 3.63) is 34.3 Å². The molecular formula is C14H21BrN2O. The van der Waals surface area contributed by atoms with Crippen molar-refractivity contribution in [3.63, 3.8) is 0 Å². The van der Waals surface area contributed by atoms with Gasteiger partial charge >= 0.3 is 0 Å². The third-order valence-electron chi connectivity index (χ3n) is 3.39. The molecule has 1 aliphatic heterocycles. The molecule has 3 nitrogen and oxygen atoms in total. The lowest BCUT2D eigenvalue weighted by atomic mass is 9.98. The Balaban J connectivity index is 2.10. The molecule has 1 aromatic carbocycles. The summed E-state index contributed by atoms with van der Waals surface area (Å²) < 4.78 is 6.72. The first-order chi connectivity index (χ1) is 8.68. The quantitative estimate of drug-likeness (QED) is 0.924. The second-order valence-electron chi connectivity index (χ2n) is 4.96. The van der Waals surface area contributed by atoms with Crippen LogP contribution in [0.1, 0.15) is 18.0 Å². The number of nitrogens with zero attached hydrogens (tertiary/aromatic N) is 1. The van der Waals surface area contributed by atoms with Gasteiger partial charge in [-0.15, -0.1) is 0 Å². The molecule has 1 fully saturated rings. The van der Waals surface area contributed by atoms with E-state index in [2.05, 4.69) is 64.5 Å². The molecule has 0 radical (unpaired) electrons. The van der Waals surface area contributed by atoms with E-state index in [1.54, 1.807) is 0 Å². The second kappa shape index (κ2) is 6.66. The Morgan fingerprint density at radius 1 is 1.44 bits per heavy atom. The van der Waals surface area contributed by atoms with Crippen LogP contribution in [0, 0.1) is 0 Å². The van der Waals surface area contributed by atoms with Gasteiger partial charge in [0.25, 0.3) is 0 Å². The number of halogens is 1.